The third kappa shape index (κ3) is 4.97. The summed E-state index contributed by atoms with van der Waals surface area (Å²) in [5.74, 6) is 3.70. The van der Waals surface area contributed by atoms with Gasteiger partial charge in [0, 0.05) is 31.7 Å². The van der Waals surface area contributed by atoms with E-state index in [1.54, 1.807) is 11.0 Å². The molecule has 2 aliphatic carbocycles. The molecular formula is C25H36N6O. The van der Waals surface area contributed by atoms with Crippen LogP contribution in [-0.2, 0) is 4.79 Å². The van der Waals surface area contributed by atoms with Crippen LogP contribution < -0.4 is 5.32 Å². The zero-order valence-corrected chi connectivity index (χ0v) is 19.4. The van der Waals surface area contributed by atoms with Crippen LogP contribution in [0.2, 0.25) is 0 Å². The van der Waals surface area contributed by atoms with Gasteiger partial charge in [-0.2, -0.15) is 0 Å². The summed E-state index contributed by atoms with van der Waals surface area (Å²) < 4.78 is 1.66. The molecule has 1 N–H and O–H groups in total. The fraction of sp³-hybridized carbons (Fsp3) is 0.680. The van der Waals surface area contributed by atoms with Crippen LogP contribution in [-0.4, -0.2) is 50.6 Å². The maximum Gasteiger partial charge on any atom is 0.223 e. The zero-order chi connectivity index (χ0) is 22.1. The van der Waals surface area contributed by atoms with Gasteiger partial charge in [-0.05, 0) is 102 Å². The first kappa shape index (κ1) is 21.4. The number of hydrogen-bond donors (Lipinski definition) is 1. The average molecular weight is 437 g/mol. The summed E-state index contributed by atoms with van der Waals surface area (Å²) in [6, 6.07) is 8.22. The summed E-state index contributed by atoms with van der Waals surface area (Å²) in [5.41, 5.74) is 2.29. The van der Waals surface area contributed by atoms with Gasteiger partial charge in [0.1, 0.15) is 6.33 Å². The Kier molecular flexibility index (Phi) is 5.91. The van der Waals surface area contributed by atoms with Crippen LogP contribution >= 0.6 is 0 Å². The number of anilines is 1. The molecular weight excluding hydrogens is 400 g/mol. The van der Waals surface area contributed by atoms with Crippen molar-refractivity contribution >= 4 is 11.6 Å². The van der Waals surface area contributed by atoms with Crippen LogP contribution in [0.3, 0.4) is 0 Å². The molecule has 7 nitrogen and oxygen atoms in total. The second-order valence-electron chi connectivity index (χ2n) is 10.8. The minimum atomic E-state index is 0.191. The van der Waals surface area contributed by atoms with Crippen molar-refractivity contribution in [3.63, 3.8) is 0 Å². The summed E-state index contributed by atoms with van der Waals surface area (Å²) >= 11 is 0. The second-order valence-corrected chi connectivity index (χ2v) is 10.8. The van der Waals surface area contributed by atoms with Crippen LogP contribution in [0.15, 0.2) is 30.6 Å². The molecule has 5 rings (SSSR count). The van der Waals surface area contributed by atoms with Crippen molar-refractivity contribution in [1.82, 2.24) is 25.1 Å². The molecule has 32 heavy (non-hydrogen) atoms. The summed E-state index contributed by atoms with van der Waals surface area (Å²) in [4.78, 5) is 14.9. The molecule has 0 unspecified atom stereocenters. The fourth-order valence-corrected chi connectivity index (χ4v) is 5.68. The Morgan fingerprint density at radius 2 is 1.88 bits per heavy atom. The Labute approximate surface area is 190 Å². The topological polar surface area (TPSA) is 75.9 Å². The summed E-state index contributed by atoms with van der Waals surface area (Å²) in [6.07, 6.45) is 9.95. The number of amides is 1. The van der Waals surface area contributed by atoms with Crippen molar-refractivity contribution < 1.29 is 4.79 Å². The maximum atomic E-state index is 12.8. The highest BCUT2D eigenvalue weighted by molar-refractivity contribution is 5.77. The third-order valence-corrected chi connectivity index (χ3v) is 8.09. The van der Waals surface area contributed by atoms with Gasteiger partial charge in [0.15, 0.2) is 0 Å². The molecule has 0 bridgehead atoms. The lowest BCUT2D eigenvalue weighted by atomic mass is 9.83. The van der Waals surface area contributed by atoms with E-state index in [9.17, 15) is 4.79 Å². The monoisotopic (exact) mass is 436 g/mol. The average Bonchev–Trinajstić information content (AvgIpc) is 3.72. The van der Waals surface area contributed by atoms with Gasteiger partial charge >= 0.3 is 0 Å². The number of nitrogens with one attached hydrogen (secondary N) is 1. The molecule has 3 fully saturated rings. The molecule has 172 valence electrons. The number of tetrazole rings is 1. The first-order valence-corrected chi connectivity index (χ1v) is 12.3. The Balaban J connectivity index is 1.00. The lowest BCUT2D eigenvalue weighted by Gasteiger charge is -2.35. The van der Waals surface area contributed by atoms with Crippen molar-refractivity contribution in [2.75, 3.05) is 25.0 Å². The third-order valence-electron chi connectivity index (χ3n) is 8.09. The van der Waals surface area contributed by atoms with Gasteiger partial charge in [0.25, 0.3) is 0 Å². The van der Waals surface area contributed by atoms with Gasteiger partial charge < -0.3 is 10.2 Å². The number of aromatic nitrogens is 4. The van der Waals surface area contributed by atoms with Crippen molar-refractivity contribution in [3.8, 4) is 5.69 Å². The van der Waals surface area contributed by atoms with E-state index >= 15 is 0 Å². The van der Waals surface area contributed by atoms with Crippen LogP contribution in [0.1, 0.15) is 58.8 Å². The van der Waals surface area contributed by atoms with E-state index in [0.29, 0.717) is 5.91 Å². The summed E-state index contributed by atoms with van der Waals surface area (Å²) in [7, 11) is 0. The van der Waals surface area contributed by atoms with Crippen LogP contribution in [0, 0.1) is 29.1 Å². The van der Waals surface area contributed by atoms with E-state index < -0.39 is 0 Å². The van der Waals surface area contributed by atoms with Gasteiger partial charge in [0.05, 0.1) is 5.69 Å². The number of rotatable bonds is 9. The smallest absolute Gasteiger partial charge is 0.223 e. The Morgan fingerprint density at radius 3 is 2.53 bits per heavy atom. The van der Waals surface area contributed by atoms with Gasteiger partial charge in [-0.1, -0.05) is 13.8 Å². The lowest BCUT2D eigenvalue weighted by Crippen LogP contribution is -2.41. The summed E-state index contributed by atoms with van der Waals surface area (Å²) in [5, 5.41) is 14.8. The number of nitrogens with zero attached hydrogens (tertiary/aromatic N) is 5. The van der Waals surface area contributed by atoms with Crippen molar-refractivity contribution in [2.24, 2.45) is 29.1 Å². The van der Waals surface area contributed by atoms with E-state index in [1.165, 1.54) is 38.5 Å². The largest absolute Gasteiger partial charge is 0.385 e. The first-order valence-electron chi connectivity index (χ1n) is 12.3. The van der Waals surface area contributed by atoms with Crippen LogP contribution in [0.4, 0.5) is 5.69 Å². The van der Waals surface area contributed by atoms with E-state index in [1.807, 2.05) is 12.1 Å². The van der Waals surface area contributed by atoms with Gasteiger partial charge in [-0.3, -0.25) is 4.79 Å². The molecule has 1 aliphatic heterocycles. The molecule has 2 saturated carbocycles. The number of carbonyl (C=O) groups excluding carboxylic acids is 1. The Bertz CT molecular complexity index is 897. The minimum Gasteiger partial charge on any atom is -0.385 e. The SMILES string of the molecule is CC(C)(CC(=O)N1CCC([C@H]2C[C@H]2CCNc2ccc(-n3cnnn3)cc2)CC1)C1CC1. The number of likely N-dealkylation sites (tertiary alicyclic amines) is 1. The predicted molar refractivity (Wildman–Crippen MR) is 124 cm³/mol. The minimum absolute atomic E-state index is 0.191. The molecule has 1 amide bonds. The predicted octanol–water partition coefficient (Wildman–Crippen LogP) is 4.17. The molecule has 7 heteroatoms. The molecule has 2 atom stereocenters. The van der Waals surface area contributed by atoms with E-state index in [2.05, 4.69) is 51.7 Å². The van der Waals surface area contributed by atoms with Crippen molar-refractivity contribution in [1.29, 1.82) is 0 Å². The number of benzene rings is 1. The van der Waals surface area contributed by atoms with Gasteiger partial charge in [-0.25, -0.2) is 4.68 Å². The van der Waals surface area contributed by atoms with Crippen molar-refractivity contribution in [3.05, 3.63) is 30.6 Å². The van der Waals surface area contributed by atoms with Crippen LogP contribution in [0.25, 0.3) is 5.69 Å². The molecule has 2 heterocycles. The van der Waals surface area contributed by atoms with Crippen molar-refractivity contribution in [2.45, 2.75) is 58.8 Å². The molecule has 2 aromatic rings. The quantitative estimate of drug-likeness (QED) is 0.639. The van der Waals surface area contributed by atoms with E-state index in [0.717, 1.165) is 61.1 Å². The molecule has 0 radical (unpaired) electrons. The molecule has 1 aromatic carbocycles. The second kappa shape index (κ2) is 8.83. The maximum absolute atomic E-state index is 12.8. The zero-order valence-electron chi connectivity index (χ0n) is 19.4. The van der Waals surface area contributed by atoms with Gasteiger partial charge in [0.2, 0.25) is 5.91 Å². The highest BCUT2D eigenvalue weighted by Gasteiger charge is 2.44. The van der Waals surface area contributed by atoms with E-state index in [-0.39, 0.29) is 5.41 Å². The standard InChI is InChI=1S/C25H36N6O/c1-25(2,20-3-4-20)16-24(32)30-13-10-18(11-14-30)23-15-19(23)9-12-26-21-5-7-22(8-6-21)31-17-27-28-29-31/h5-8,17-20,23,26H,3-4,9-16H2,1-2H3/t19-,23-/m1/s1. The number of piperidine rings is 1. The molecule has 1 saturated heterocycles. The number of carbonyl (C=O) groups is 1. The highest BCUT2D eigenvalue weighted by Crippen LogP contribution is 2.50. The highest BCUT2D eigenvalue weighted by atomic mass is 16.2. The number of hydrogen-bond acceptors (Lipinski definition) is 5. The lowest BCUT2D eigenvalue weighted by molar-refractivity contribution is -0.135. The molecule has 1 aromatic heterocycles. The van der Waals surface area contributed by atoms with E-state index in [4.69, 9.17) is 0 Å². The normalized spacial score (nSPS) is 23.9. The Hall–Kier alpha value is -2.44. The molecule has 0 spiro atoms. The first-order chi connectivity index (χ1) is 15.5. The Morgan fingerprint density at radius 1 is 1.12 bits per heavy atom. The fourth-order valence-electron chi connectivity index (χ4n) is 5.68. The van der Waals surface area contributed by atoms with Gasteiger partial charge in [-0.15, -0.1) is 5.10 Å². The van der Waals surface area contributed by atoms with Crippen LogP contribution in [0.5, 0.6) is 0 Å². The summed E-state index contributed by atoms with van der Waals surface area (Å²) in [6.45, 7) is 7.51. The molecule has 3 aliphatic rings.